The highest BCUT2D eigenvalue weighted by molar-refractivity contribution is 6.06. The number of hydrogen-bond donors (Lipinski definition) is 2. The van der Waals surface area contributed by atoms with Gasteiger partial charge in [0.1, 0.15) is 0 Å². The molecule has 0 spiro atoms. The summed E-state index contributed by atoms with van der Waals surface area (Å²) in [7, 11) is 0. The Kier molecular flexibility index (Phi) is 6.61. The molecule has 7 heteroatoms. The Morgan fingerprint density at radius 1 is 1.00 bits per heavy atom. The SMILES string of the molecule is CCCCn1nc(C(=O)NCC(=O)Nc2c(C)cccc2C)c2ccccc2c1=O. The Labute approximate surface area is 175 Å². The number of anilines is 1. The fraction of sp³-hybridized carbons (Fsp3) is 0.304. The maximum absolute atomic E-state index is 12.8. The fourth-order valence-electron chi connectivity index (χ4n) is 3.30. The maximum Gasteiger partial charge on any atom is 0.274 e. The first-order valence-corrected chi connectivity index (χ1v) is 10.1. The van der Waals surface area contributed by atoms with E-state index in [2.05, 4.69) is 15.7 Å². The lowest BCUT2D eigenvalue weighted by molar-refractivity contribution is -0.115. The third kappa shape index (κ3) is 4.56. The molecular weight excluding hydrogens is 380 g/mol. The third-order valence-electron chi connectivity index (χ3n) is 4.96. The standard InChI is InChI=1S/C23H26N4O3/c1-4-5-13-27-23(30)18-12-7-6-11-17(18)21(26-27)22(29)24-14-19(28)25-20-15(2)9-8-10-16(20)3/h6-12H,4-5,13-14H2,1-3H3,(H,24,29)(H,25,28). The first kappa shape index (κ1) is 21.2. The van der Waals surface area contributed by atoms with Crippen LogP contribution in [0.5, 0.6) is 0 Å². The molecule has 0 radical (unpaired) electrons. The molecule has 2 amide bonds. The van der Waals surface area contributed by atoms with Crippen LogP contribution in [0.1, 0.15) is 41.4 Å². The van der Waals surface area contributed by atoms with Crippen molar-refractivity contribution in [2.75, 3.05) is 11.9 Å². The quantitative estimate of drug-likeness (QED) is 0.630. The van der Waals surface area contributed by atoms with Crippen LogP contribution in [0, 0.1) is 13.8 Å². The Morgan fingerprint density at radius 3 is 2.33 bits per heavy atom. The van der Waals surface area contributed by atoms with Gasteiger partial charge >= 0.3 is 0 Å². The minimum absolute atomic E-state index is 0.140. The summed E-state index contributed by atoms with van der Waals surface area (Å²) in [5, 5.41) is 10.7. The molecular formula is C23H26N4O3. The van der Waals surface area contributed by atoms with Crippen molar-refractivity contribution in [3.05, 3.63) is 69.6 Å². The largest absolute Gasteiger partial charge is 0.342 e. The molecule has 0 unspecified atom stereocenters. The average molecular weight is 406 g/mol. The van der Waals surface area contributed by atoms with E-state index >= 15 is 0 Å². The molecule has 7 nitrogen and oxygen atoms in total. The third-order valence-corrected chi connectivity index (χ3v) is 4.96. The lowest BCUT2D eigenvalue weighted by Crippen LogP contribution is -2.35. The van der Waals surface area contributed by atoms with Gasteiger partial charge in [-0.2, -0.15) is 5.10 Å². The van der Waals surface area contributed by atoms with Crippen LogP contribution < -0.4 is 16.2 Å². The second kappa shape index (κ2) is 9.35. The Hall–Kier alpha value is -3.48. The minimum atomic E-state index is -0.492. The molecule has 156 valence electrons. The van der Waals surface area contributed by atoms with E-state index in [1.807, 2.05) is 39.0 Å². The topological polar surface area (TPSA) is 93.1 Å². The van der Waals surface area contributed by atoms with E-state index in [9.17, 15) is 14.4 Å². The van der Waals surface area contributed by atoms with Gasteiger partial charge in [-0.3, -0.25) is 14.4 Å². The summed E-state index contributed by atoms with van der Waals surface area (Å²) in [5.74, 6) is -0.822. The molecule has 0 atom stereocenters. The van der Waals surface area contributed by atoms with Crippen molar-refractivity contribution >= 4 is 28.3 Å². The van der Waals surface area contributed by atoms with Crippen molar-refractivity contribution in [3.8, 4) is 0 Å². The van der Waals surface area contributed by atoms with E-state index in [1.165, 1.54) is 4.68 Å². The highest BCUT2D eigenvalue weighted by Crippen LogP contribution is 2.19. The number of amides is 2. The van der Waals surface area contributed by atoms with E-state index in [-0.39, 0.29) is 23.7 Å². The van der Waals surface area contributed by atoms with Crippen molar-refractivity contribution in [1.29, 1.82) is 0 Å². The van der Waals surface area contributed by atoms with Crippen molar-refractivity contribution in [1.82, 2.24) is 15.1 Å². The van der Waals surface area contributed by atoms with Gasteiger partial charge in [-0.15, -0.1) is 0 Å². The van der Waals surface area contributed by atoms with Crippen LogP contribution in [-0.4, -0.2) is 28.1 Å². The zero-order valence-corrected chi connectivity index (χ0v) is 17.5. The van der Waals surface area contributed by atoms with Gasteiger partial charge in [0.15, 0.2) is 5.69 Å². The van der Waals surface area contributed by atoms with Crippen LogP contribution in [0.3, 0.4) is 0 Å². The summed E-state index contributed by atoms with van der Waals surface area (Å²) in [6.45, 7) is 6.09. The van der Waals surface area contributed by atoms with Crippen LogP contribution in [0.15, 0.2) is 47.3 Å². The number of benzene rings is 2. The zero-order chi connectivity index (χ0) is 21.7. The fourth-order valence-corrected chi connectivity index (χ4v) is 3.30. The number of hydrogen-bond acceptors (Lipinski definition) is 4. The monoisotopic (exact) mass is 406 g/mol. The Balaban J connectivity index is 1.80. The number of nitrogens with zero attached hydrogens (tertiary/aromatic N) is 2. The molecule has 0 saturated carbocycles. The van der Waals surface area contributed by atoms with Crippen molar-refractivity contribution in [2.45, 2.75) is 40.2 Å². The number of rotatable bonds is 7. The van der Waals surface area contributed by atoms with Gasteiger partial charge in [0.25, 0.3) is 11.5 Å². The Morgan fingerprint density at radius 2 is 1.67 bits per heavy atom. The van der Waals surface area contributed by atoms with E-state index in [4.69, 9.17) is 0 Å². The van der Waals surface area contributed by atoms with Crippen LogP contribution in [0.25, 0.3) is 10.8 Å². The highest BCUT2D eigenvalue weighted by Gasteiger charge is 2.17. The summed E-state index contributed by atoms with van der Waals surface area (Å²) >= 11 is 0. The van der Waals surface area contributed by atoms with Gasteiger partial charge in [0, 0.05) is 17.6 Å². The molecule has 0 fully saturated rings. The predicted molar refractivity (Wildman–Crippen MR) is 118 cm³/mol. The van der Waals surface area contributed by atoms with Crippen LogP contribution in [-0.2, 0) is 11.3 Å². The number of aryl methyl sites for hydroxylation is 3. The van der Waals surface area contributed by atoms with E-state index in [0.29, 0.717) is 17.3 Å². The summed E-state index contributed by atoms with van der Waals surface area (Å²) in [6, 6.07) is 12.6. The van der Waals surface area contributed by atoms with Crippen LogP contribution in [0.4, 0.5) is 5.69 Å². The van der Waals surface area contributed by atoms with Crippen molar-refractivity contribution < 1.29 is 9.59 Å². The van der Waals surface area contributed by atoms with E-state index < -0.39 is 5.91 Å². The smallest absolute Gasteiger partial charge is 0.274 e. The summed E-state index contributed by atoms with van der Waals surface area (Å²) in [6.07, 6.45) is 1.69. The molecule has 1 heterocycles. The zero-order valence-electron chi connectivity index (χ0n) is 17.5. The first-order valence-electron chi connectivity index (χ1n) is 10.1. The highest BCUT2D eigenvalue weighted by atomic mass is 16.2. The number of aromatic nitrogens is 2. The first-order chi connectivity index (χ1) is 14.4. The van der Waals surface area contributed by atoms with Crippen molar-refractivity contribution in [2.24, 2.45) is 0 Å². The summed E-state index contributed by atoms with van der Waals surface area (Å²) in [5.41, 5.74) is 2.56. The van der Waals surface area contributed by atoms with Gasteiger partial charge < -0.3 is 10.6 Å². The lowest BCUT2D eigenvalue weighted by atomic mass is 10.1. The molecule has 1 aromatic heterocycles. The predicted octanol–water partition coefficient (Wildman–Crippen LogP) is 3.18. The van der Waals surface area contributed by atoms with E-state index in [0.717, 1.165) is 29.7 Å². The molecule has 0 saturated heterocycles. The number of nitrogens with one attached hydrogen (secondary N) is 2. The number of fused-ring (bicyclic) bond motifs is 1. The van der Waals surface area contributed by atoms with Gasteiger partial charge in [-0.05, 0) is 37.5 Å². The number of carbonyl (C=O) groups excluding carboxylic acids is 2. The van der Waals surface area contributed by atoms with Crippen LogP contribution >= 0.6 is 0 Å². The second-order valence-corrected chi connectivity index (χ2v) is 7.27. The molecule has 3 rings (SSSR count). The minimum Gasteiger partial charge on any atom is -0.342 e. The number of unbranched alkanes of at least 4 members (excludes halogenated alkanes) is 1. The number of carbonyl (C=O) groups is 2. The van der Waals surface area contributed by atoms with Crippen LogP contribution in [0.2, 0.25) is 0 Å². The molecule has 0 aliphatic heterocycles. The molecule has 0 aliphatic carbocycles. The average Bonchev–Trinajstić information content (AvgIpc) is 2.74. The molecule has 2 N–H and O–H groups in total. The molecule has 0 bridgehead atoms. The summed E-state index contributed by atoms with van der Waals surface area (Å²) < 4.78 is 1.33. The number of para-hydroxylation sites is 1. The van der Waals surface area contributed by atoms with Gasteiger partial charge in [0.2, 0.25) is 5.91 Å². The normalized spacial score (nSPS) is 10.8. The van der Waals surface area contributed by atoms with Gasteiger partial charge in [-0.25, -0.2) is 4.68 Å². The molecule has 30 heavy (non-hydrogen) atoms. The summed E-state index contributed by atoms with van der Waals surface area (Å²) in [4.78, 5) is 37.8. The molecule has 2 aromatic carbocycles. The second-order valence-electron chi connectivity index (χ2n) is 7.27. The maximum atomic E-state index is 12.8. The van der Waals surface area contributed by atoms with E-state index in [1.54, 1.807) is 24.3 Å². The van der Waals surface area contributed by atoms with Crippen molar-refractivity contribution in [3.63, 3.8) is 0 Å². The van der Waals surface area contributed by atoms with Gasteiger partial charge in [0.05, 0.1) is 11.9 Å². The Bertz CT molecular complexity index is 1130. The van der Waals surface area contributed by atoms with Gasteiger partial charge in [-0.1, -0.05) is 49.7 Å². The lowest BCUT2D eigenvalue weighted by Gasteiger charge is -2.13. The molecule has 0 aliphatic rings. The molecule has 3 aromatic rings.